The van der Waals surface area contributed by atoms with Crippen molar-refractivity contribution in [1.29, 1.82) is 0 Å². The molecule has 1 fully saturated rings. The number of carbonyl (C=O) groups excluding carboxylic acids is 2. The van der Waals surface area contributed by atoms with E-state index in [4.69, 9.17) is 11.6 Å². The van der Waals surface area contributed by atoms with Gasteiger partial charge < -0.3 is 9.80 Å². The summed E-state index contributed by atoms with van der Waals surface area (Å²) in [4.78, 5) is 26.9. The van der Waals surface area contributed by atoms with Gasteiger partial charge in [-0.2, -0.15) is 0 Å². The summed E-state index contributed by atoms with van der Waals surface area (Å²) in [5, 5.41) is 1.61. The quantitative estimate of drug-likeness (QED) is 0.746. The van der Waals surface area contributed by atoms with E-state index in [0.29, 0.717) is 25.0 Å². The van der Waals surface area contributed by atoms with Crippen molar-refractivity contribution in [2.75, 3.05) is 27.2 Å². The Morgan fingerprint density at radius 1 is 1.41 bits per heavy atom. The molecule has 0 aromatic heterocycles. The fourth-order valence-electron chi connectivity index (χ4n) is 2.07. The minimum absolute atomic E-state index is 0.337. The highest BCUT2D eigenvalue weighted by molar-refractivity contribution is 6.31. The second-order valence-corrected chi connectivity index (χ2v) is 5.48. The Morgan fingerprint density at radius 3 is 2.41 bits per heavy atom. The summed E-state index contributed by atoms with van der Waals surface area (Å²) in [6.07, 6.45) is 0. The van der Waals surface area contributed by atoms with Gasteiger partial charge in [-0.15, -0.1) is 11.6 Å². The predicted molar refractivity (Wildman–Crippen MR) is 67.1 cm³/mol. The van der Waals surface area contributed by atoms with Gasteiger partial charge >= 0.3 is 6.03 Å². The molecule has 5 nitrogen and oxygen atoms in total. The van der Waals surface area contributed by atoms with Crippen molar-refractivity contribution in [1.82, 2.24) is 15.1 Å². The molecule has 3 amide bonds. The van der Waals surface area contributed by atoms with Gasteiger partial charge in [-0.3, -0.25) is 10.1 Å². The first-order valence-electron chi connectivity index (χ1n) is 5.73. The lowest BCUT2D eigenvalue weighted by atomic mass is 10.1. The van der Waals surface area contributed by atoms with Crippen LogP contribution in [0.1, 0.15) is 13.8 Å². The molecule has 1 aliphatic heterocycles. The molecule has 98 valence electrons. The third-order valence-corrected chi connectivity index (χ3v) is 3.31. The number of nitrogens with zero attached hydrogens (tertiary/aromatic N) is 2. The first-order valence-corrected chi connectivity index (χ1v) is 6.16. The summed E-state index contributed by atoms with van der Waals surface area (Å²) in [6.45, 7) is 4.95. The Morgan fingerprint density at radius 2 is 2.00 bits per heavy atom. The predicted octanol–water partition coefficient (Wildman–Crippen LogP) is 0.732. The summed E-state index contributed by atoms with van der Waals surface area (Å²) in [7, 11) is 3.99. The van der Waals surface area contributed by atoms with Crippen LogP contribution < -0.4 is 5.32 Å². The van der Waals surface area contributed by atoms with E-state index in [1.807, 2.05) is 14.1 Å². The van der Waals surface area contributed by atoms with E-state index in [1.165, 1.54) is 0 Å². The maximum atomic E-state index is 11.8. The maximum Gasteiger partial charge on any atom is 0.324 e. The van der Waals surface area contributed by atoms with Crippen LogP contribution in [0.2, 0.25) is 0 Å². The van der Waals surface area contributed by atoms with Crippen molar-refractivity contribution in [2.45, 2.75) is 25.3 Å². The highest BCUT2D eigenvalue weighted by Gasteiger charge is 2.34. The van der Waals surface area contributed by atoms with Gasteiger partial charge in [-0.25, -0.2) is 4.79 Å². The number of nitrogens with one attached hydrogen (secondary N) is 1. The van der Waals surface area contributed by atoms with E-state index in [1.54, 1.807) is 11.8 Å². The zero-order chi connectivity index (χ0) is 13.2. The van der Waals surface area contributed by atoms with E-state index in [0.717, 1.165) is 0 Å². The number of hydrogen-bond acceptors (Lipinski definition) is 3. The number of hydrogen-bond donors (Lipinski definition) is 1. The van der Waals surface area contributed by atoms with Gasteiger partial charge in [0.05, 0.1) is 0 Å². The van der Waals surface area contributed by atoms with Crippen LogP contribution in [0.3, 0.4) is 0 Å². The Bertz CT molecular complexity index is 307. The van der Waals surface area contributed by atoms with Crippen LogP contribution in [0.25, 0.3) is 0 Å². The standard InChI is InChI=1S/C11H20ClN3O2/c1-7-5-15(6-9(7)14(3)4)11(17)13-10(16)8(2)12/h7-9H,5-6H2,1-4H3,(H,13,16,17). The highest BCUT2D eigenvalue weighted by Crippen LogP contribution is 2.19. The fraction of sp³-hybridized carbons (Fsp3) is 0.818. The molecule has 0 aromatic rings. The number of halogens is 1. The lowest BCUT2D eigenvalue weighted by Gasteiger charge is -2.22. The normalized spacial score (nSPS) is 26.1. The monoisotopic (exact) mass is 261 g/mol. The number of likely N-dealkylation sites (tertiary alicyclic amines) is 1. The molecule has 0 radical (unpaired) electrons. The van der Waals surface area contributed by atoms with Crippen LogP contribution in [-0.2, 0) is 4.79 Å². The van der Waals surface area contributed by atoms with Gasteiger partial charge in [0.15, 0.2) is 0 Å². The fourth-order valence-corrected chi connectivity index (χ4v) is 2.13. The lowest BCUT2D eigenvalue weighted by molar-refractivity contribution is -0.119. The van der Waals surface area contributed by atoms with Gasteiger partial charge in [0.1, 0.15) is 5.38 Å². The molecule has 6 heteroatoms. The molecule has 1 rings (SSSR count). The van der Waals surface area contributed by atoms with Crippen LogP contribution in [0.5, 0.6) is 0 Å². The number of likely N-dealkylation sites (N-methyl/N-ethyl adjacent to an activating group) is 1. The Kier molecular flexibility index (Phi) is 4.77. The van der Waals surface area contributed by atoms with Gasteiger partial charge in [-0.1, -0.05) is 6.92 Å². The van der Waals surface area contributed by atoms with Gasteiger partial charge in [-0.05, 0) is 26.9 Å². The summed E-state index contributed by atoms with van der Waals surface area (Å²) in [6, 6.07) is -0.0111. The summed E-state index contributed by atoms with van der Waals surface area (Å²) < 4.78 is 0. The van der Waals surface area contributed by atoms with Crippen molar-refractivity contribution in [3.8, 4) is 0 Å². The topological polar surface area (TPSA) is 52.7 Å². The van der Waals surface area contributed by atoms with Crippen molar-refractivity contribution in [3.63, 3.8) is 0 Å². The zero-order valence-electron chi connectivity index (χ0n) is 10.7. The molecule has 3 unspecified atom stereocenters. The molecule has 0 spiro atoms. The molecule has 1 heterocycles. The van der Waals surface area contributed by atoms with Crippen molar-refractivity contribution >= 4 is 23.5 Å². The number of rotatable bonds is 2. The first kappa shape index (κ1) is 14.3. The first-order chi connectivity index (χ1) is 7.82. The van der Waals surface area contributed by atoms with Gasteiger partial charge in [0, 0.05) is 19.1 Å². The number of urea groups is 1. The molecule has 0 aliphatic carbocycles. The third-order valence-electron chi connectivity index (χ3n) is 3.11. The molecular formula is C11H20ClN3O2. The minimum atomic E-state index is -0.691. The van der Waals surface area contributed by atoms with E-state index >= 15 is 0 Å². The zero-order valence-corrected chi connectivity index (χ0v) is 11.5. The summed E-state index contributed by atoms with van der Waals surface area (Å²) in [5.41, 5.74) is 0. The molecule has 1 N–H and O–H groups in total. The Hall–Kier alpha value is -0.810. The van der Waals surface area contributed by atoms with Crippen LogP contribution in [-0.4, -0.2) is 60.3 Å². The molecule has 17 heavy (non-hydrogen) atoms. The molecule has 1 aliphatic rings. The molecule has 1 saturated heterocycles. The number of amides is 3. The average Bonchev–Trinajstić information content (AvgIpc) is 2.60. The maximum absolute atomic E-state index is 11.8. The summed E-state index contributed by atoms with van der Waals surface area (Å²) >= 11 is 5.60. The molecule has 3 atom stereocenters. The largest absolute Gasteiger partial charge is 0.324 e. The van der Waals surface area contributed by atoms with E-state index in [9.17, 15) is 9.59 Å². The Labute approximate surface area is 107 Å². The second-order valence-electron chi connectivity index (χ2n) is 4.82. The molecule has 0 bridgehead atoms. The molecule has 0 saturated carbocycles. The smallest absolute Gasteiger partial charge is 0.323 e. The lowest BCUT2D eigenvalue weighted by Crippen LogP contribution is -2.45. The SMILES string of the molecule is CC(Cl)C(=O)NC(=O)N1CC(C)C(N(C)C)C1. The van der Waals surface area contributed by atoms with Crippen molar-refractivity contribution in [3.05, 3.63) is 0 Å². The molecular weight excluding hydrogens is 242 g/mol. The van der Waals surface area contributed by atoms with E-state index in [-0.39, 0.29) is 6.03 Å². The second kappa shape index (κ2) is 5.69. The van der Waals surface area contributed by atoms with Gasteiger partial charge in [0.2, 0.25) is 5.91 Å². The molecule has 0 aromatic carbocycles. The van der Waals surface area contributed by atoms with Crippen molar-refractivity contribution in [2.24, 2.45) is 5.92 Å². The number of carbonyl (C=O) groups is 2. The van der Waals surface area contributed by atoms with E-state index in [2.05, 4.69) is 17.1 Å². The van der Waals surface area contributed by atoms with Gasteiger partial charge in [0.25, 0.3) is 0 Å². The van der Waals surface area contributed by atoms with Crippen LogP contribution in [0, 0.1) is 5.92 Å². The number of alkyl halides is 1. The Balaban J connectivity index is 2.53. The van der Waals surface area contributed by atoms with Crippen LogP contribution in [0.15, 0.2) is 0 Å². The third kappa shape index (κ3) is 3.57. The highest BCUT2D eigenvalue weighted by atomic mass is 35.5. The van der Waals surface area contributed by atoms with Crippen LogP contribution >= 0.6 is 11.6 Å². The number of imide groups is 1. The van der Waals surface area contributed by atoms with E-state index < -0.39 is 11.3 Å². The minimum Gasteiger partial charge on any atom is -0.323 e. The average molecular weight is 262 g/mol. The van der Waals surface area contributed by atoms with Crippen LogP contribution in [0.4, 0.5) is 4.79 Å². The summed E-state index contributed by atoms with van der Waals surface area (Å²) in [5.74, 6) is -0.0445. The van der Waals surface area contributed by atoms with Crippen molar-refractivity contribution < 1.29 is 9.59 Å².